The summed E-state index contributed by atoms with van der Waals surface area (Å²) in [6, 6.07) is 6.06. The zero-order chi connectivity index (χ0) is 13.4. The van der Waals surface area contributed by atoms with E-state index in [1.807, 2.05) is 0 Å². The van der Waals surface area contributed by atoms with E-state index in [0.717, 1.165) is 31.2 Å². The monoisotopic (exact) mass is 281 g/mol. The van der Waals surface area contributed by atoms with Crippen LogP contribution in [0.4, 0.5) is 11.4 Å². The molecular formula is C13H16ClN3O2. The average Bonchev–Trinajstić information content (AvgIpc) is 3.12. The fourth-order valence-electron chi connectivity index (χ4n) is 2.65. The number of nitrogens with one attached hydrogen (secondary N) is 1. The third-order valence-corrected chi connectivity index (χ3v) is 4.12. The number of nitrogens with zero attached hydrogens (tertiary/aromatic N) is 2. The van der Waals surface area contributed by atoms with E-state index in [1.54, 1.807) is 12.1 Å². The molecule has 5 nitrogen and oxygen atoms in total. The smallest absolute Gasteiger partial charge is 0.289 e. The largest absolute Gasteiger partial charge is 0.381 e. The summed E-state index contributed by atoms with van der Waals surface area (Å²) >= 11 is 5.80. The molecule has 6 heteroatoms. The van der Waals surface area contributed by atoms with Gasteiger partial charge in [0, 0.05) is 36.9 Å². The molecule has 2 fully saturated rings. The van der Waals surface area contributed by atoms with E-state index in [1.165, 1.54) is 18.9 Å². The number of anilines is 1. The summed E-state index contributed by atoms with van der Waals surface area (Å²) in [7, 11) is 0. The maximum atomic E-state index is 10.8. The third kappa shape index (κ3) is 2.82. The van der Waals surface area contributed by atoms with Gasteiger partial charge in [-0.1, -0.05) is 11.6 Å². The van der Waals surface area contributed by atoms with Crippen molar-refractivity contribution in [3.63, 3.8) is 0 Å². The van der Waals surface area contributed by atoms with Gasteiger partial charge in [-0.15, -0.1) is 0 Å². The summed E-state index contributed by atoms with van der Waals surface area (Å²) in [6.07, 6.45) is 3.73. The Kier molecular flexibility index (Phi) is 3.33. The van der Waals surface area contributed by atoms with Crippen LogP contribution in [0.3, 0.4) is 0 Å². The van der Waals surface area contributed by atoms with E-state index in [2.05, 4.69) is 10.2 Å². The Morgan fingerprint density at radius 3 is 2.84 bits per heavy atom. The van der Waals surface area contributed by atoms with Gasteiger partial charge in [-0.25, -0.2) is 0 Å². The molecule has 1 aliphatic heterocycles. The molecule has 0 aromatic heterocycles. The van der Waals surface area contributed by atoms with Gasteiger partial charge in [0.1, 0.15) is 5.02 Å². The first kappa shape index (κ1) is 12.7. The fourth-order valence-corrected chi connectivity index (χ4v) is 2.84. The Hall–Kier alpha value is -1.33. The second kappa shape index (κ2) is 4.98. The van der Waals surface area contributed by atoms with Crippen molar-refractivity contribution in [3.8, 4) is 0 Å². The van der Waals surface area contributed by atoms with Crippen molar-refractivity contribution in [2.24, 2.45) is 0 Å². The van der Waals surface area contributed by atoms with Crippen LogP contribution in [0.5, 0.6) is 0 Å². The number of hydrogen-bond donors (Lipinski definition) is 1. The molecule has 102 valence electrons. The van der Waals surface area contributed by atoms with E-state index in [0.29, 0.717) is 6.04 Å². The Bertz CT molecular complexity index is 505. The summed E-state index contributed by atoms with van der Waals surface area (Å²) in [6.45, 7) is 2.15. The molecule has 0 spiro atoms. The normalized spacial score (nSPS) is 23.5. The maximum Gasteiger partial charge on any atom is 0.289 e. The summed E-state index contributed by atoms with van der Waals surface area (Å²) in [5.74, 6) is 0. The molecule has 19 heavy (non-hydrogen) atoms. The minimum atomic E-state index is -0.446. The van der Waals surface area contributed by atoms with Crippen molar-refractivity contribution in [2.45, 2.75) is 31.3 Å². The molecule has 1 aliphatic carbocycles. The van der Waals surface area contributed by atoms with Crippen LogP contribution in [-0.2, 0) is 0 Å². The highest BCUT2D eigenvalue weighted by Gasteiger charge is 2.34. The van der Waals surface area contributed by atoms with Crippen molar-refractivity contribution in [3.05, 3.63) is 33.3 Å². The van der Waals surface area contributed by atoms with Crippen LogP contribution in [0.25, 0.3) is 0 Å². The predicted octanol–water partition coefficient (Wildman–Crippen LogP) is 2.90. The molecule has 0 radical (unpaired) electrons. The SMILES string of the molecule is O=[N+]([O-])c1cc(NC2CCN(C3CC3)C2)ccc1Cl. The van der Waals surface area contributed by atoms with E-state index in [9.17, 15) is 10.1 Å². The van der Waals surface area contributed by atoms with Crippen molar-refractivity contribution < 1.29 is 4.92 Å². The Morgan fingerprint density at radius 1 is 1.37 bits per heavy atom. The van der Waals surface area contributed by atoms with Gasteiger partial charge in [-0.3, -0.25) is 15.0 Å². The van der Waals surface area contributed by atoms with Gasteiger partial charge in [0.05, 0.1) is 4.92 Å². The highest BCUT2D eigenvalue weighted by atomic mass is 35.5. The van der Waals surface area contributed by atoms with E-state index in [-0.39, 0.29) is 10.7 Å². The zero-order valence-electron chi connectivity index (χ0n) is 10.5. The summed E-state index contributed by atoms with van der Waals surface area (Å²) in [5, 5.41) is 14.4. The number of rotatable bonds is 4. The number of nitro benzene ring substituents is 1. The molecule has 0 amide bonds. The van der Waals surface area contributed by atoms with Gasteiger partial charge in [0.15, 0.2) is 0 Å². The first-order chi connectivity index (χ1) is 9.13. The minimum Gasteiger partial charge on any atom is -0.381 e. The lowest BCUT2D eigenvalue weighted by molar-refractivity contribution is -0.384. The Labute approximate surface area is 116 Å². The Morgan fingerprint density at radius 2 is 2.16 bits per heavy atom. The molecule has 1 saturated carbocycles. The molecule has 3 rings (SSSR count). The van der Waals surface area contributed by atoms with Gasteiger partial charge in [-0.2, -0.15) is 0 Å². The predicted molar refractivity (Wildman–Crippen MR) is 74.7 cm³/mol. The number of nitro groups is 1. The minimum absolute atomic E-state index is 0.0382. The lowest BCUT2D eigenvalue weighted by atomic mass is 10.2. The molecule has 1 atom stereocenters. The lowest BCUT2D eigenvalue weighted by Gasteiger charge is -2.16. The molecule has 1 aromatic rings. The van der Waals surface area contributed by atoms with Crippen LogP contribution in [0.1, 0.15) is 19.3 Å². The number of benzene rings is 1. The summed E-state index contributed by atoms with van der Waals surface area (Å²) in [5.41, 5.74) is 0.738. The average molecular weight is 282 g/mol. The molecule has 1 heterocycles. The Balaban J connectivity index is 1.66. The quantitative estimate of drug-likeness (QED) is 0.681. The highest BCUT2D eigenvalue weighted by Crippen LogP contribution is 2.32. The molecule has 2 aliphatic rings. The third-order valence-electron chi connectivity index (χ3n) is 3.80. The van der Waals surface area contributed by atoms with Gasteiger partial charge in [0.25, 0.3) is 5.69 Å². The van der Waals surface area contributed by atoms with E-state index < -0.39 is 4.92 Å². The van der Waals surface area contributed by atoms with Gasteiger partial charge >= 0.3 is 0 Å². The van der Waals surface area contributed by atoms with E-state index in [4.69, 9.17) is 11.6 Å². The topological polar surface area (TPSA) is 58.4 Å². The summed E-state index contributed by atoms with van der Waals surface area (Å²) in [4.78, 5) is 12.9. The van der Waals surface area contributed by atoms with Crippen LogP contribution in [0.2, 0.25) is 5.02 Å². The van der Waals surface area contributed by atoms with Gasteiger partial charge in [-0.05, 0) is 31.4 Å². The molecular weight excluding hydrogens is 266 g/mol. The number of likely N-dealkylation sites (tertiary alicyclic amines) is 1. The molecule has 1 aromatic carbocycles. The van der Waals surface area contributed by atoms with Crippen molar-refractivity contribution in [1.82, 2.24) is 4.90 Å². The number of hydrogen-bond acceptors (Lipinski definition) is 4. The van der Waals surface area contributed by atoms with E-state index >= 15 is 0 Å². The highest BCUT2D eigenvalue weighted by molar-refractivity contribution is 6.32. The standard InChI is InChI=1S/C13H16ClN3O2/c14-12-4-1-9(7-13(12)17(18)19)15-10-5-6-16(8-10)11-2-3-11/h1,4,7,10-11,15H,2-3,5-6,8H2. The van der Waals surface area contributed by atoms with Crippen LogP contribution in [0.15, 0.2) is 18.2 Å². The molecule has 0 bridgehead atoms. The van der Waals surface area contributed by atoms with Crippen LogP contribution >= 0.6 is 11.6 Å². The van der Waals surface area contributed by atoms with Crippen LogP contribution in [0, 0.1) is 10.1 Å². The first-order valence-corrected chi connectivity index (χ1v) is 6.96. The molecule has 1 N–H and O–H groups in total. The second-order valence-electron chi connectivity index (χ2n) is 5.28. The zero-order valence-corrected chi connectivity index (χ0v) is 11.3. The second-order valence-corrected chi connectivity index (χ2v) is 5.69. The first-order valence-electron chi connectivity index (χ1n) is 6.58. The lowest BCUT2D eigenvalue weighted by Crippen LogP contribution is -2.27. The maximum absolute atomic E-state index is 10.8. The summed E-state index contributed by atoms with van der Waals surface area (Å²) < 4.78 is 0. The number of halogens is 1. The van der Waals surface area contributed by atoms with Gasteiger partial charge < -0.3 is 5.32 Å². The fraction of sp³-hybridized carbons (Fsp3) is 0.538. The molecule has 1 unspecified atom stereocenters. The van der Waals surface area contributed by atoms with Crippen molar-refractivity contribution >= 4 is 23.0 Å². The molecule has 1 saturated heterocycles. The van der Waals surface area contributed by atoms with Crippen LogP contribution in [-0.4, -0.2) is 35.0 Å². The van der Waals surface area contributed by atoms with Crippen molar-refractivity contribution in [2.75, 3.05) is 18.4 Å². The van der Waals surface area contributed by atoms with Crippen molar-refractivity contribution in [1.29, 1.82) is 0 Å². The van der Waals surface area contributed by atoms with Gasteiger partial charge in [0.2, 0.25) is 0 Å². The van der Waals surface area contributed by atoms with Crippen LogP contribution < -0.4 is 5.32 Å².